The third kappa shape index (κ3) is 0.956. The van der Waals surface area contributed by atoms with Crippen molar-refractivity contribution in [3.05, 3.63) is 6.42 Å². The largest absolute Gasteiger partial charge is 0.392 e. The molecule has 0 aliphatic heterocycles. The van der Waals surface area contributed by atoms with Crippen molar-refractivity contribution in [1.29, 1.82) is 0 Å². The van der Waals surface area contributed by atoms with Crippen LogP contribution in [0.2, 0.25) is 0 Å². The zero-order valence-electron chi connectivity index (χ0n) is 4.20. The van der Waals surface area contributed by atoms with Crippen molar-refractivity contribution in [2.75, 3.05) is 0 Å². The lowest BCUT2D eigenvalue weighted by atomic mass is 9.85. The fourth-order valence-electron chi connectivity index (χ4n) is 0.631. The number of hydrogen-bond donors (Lipinski definition) is 0. The molecule has 1 radical (unpaired) electrons. The molecule has 1 unspecified atom stereocenters. The Hall–Kier alpha value is -0.210. The van der Waals surface area contributed by atoms with Crippen LogP contribution in [0.15, 0.2) is 0 Å². The Morgan fingerprint density at radius 3 is 1.88 bits per heavy atom. The van der Waals surface area contributed by atoms with Crippen LogP contribution in [0.3, 0.4) is 0 Å². The molecule has 1 aliphatic rings. The van der Waals surface area contributed by atoms with Crippen molar-refractivity contribution < 1.29 is 13.2 Å². The topological polar surface area (TPSA) is 0 Å². The van der Waals surface area contributed by atoms with Gasteiger partial charge in [0, 0.05) is 0 Å². The van der Waals surface area contributed by atoms with Gasteiger partial charge in [0.25, 0.3) is 0 Å². The van der Waals surface area contributed by atoms with Crippen LogP contribution < -0.4 is 0 Å². The average molecular weight is 123 g/mol. The maximum absolute atomic E-state index is 11.5. The molecule has 0 heterocycles. The monoisotopic (exact) mass is 123 g/mol. The van der Waals surface area contributed by atoms with E-state index in [-0.39, 0.29) is 0 Å². The summed E-state index contributed by atoms with van der Waals surface area (Å²) >= 11 is 0. The van der Waals surface area contributed by atoms with Crippen molar-refractivity contribution in [1.82, 2.24) is 0 Å². The third-order valence-corrected chi connectivity index (χ3v) is 1.35. The predicted molar refractivity (Wildman–Crippen MR) is 23.1 cm³/mol. The zero-order valence-corrected chi connectivity index (χ0v) is 4.20. The lowest BCUT2D eigenvalue weighted by Crippen LogP contribution is -2.29. The fraction of sp³-hybridized carbons (Fsp3) is 0.800. The number of hydrogen-bond acceptors (Lipinski definition) is 0. The van der Waals surface area contributed by atoms with Gasteiger partial charge in [-0.1, -0.05) is 0 Å². The van der Waals surface area contributed by atoms with Gasteiger partial charge in [0.15, 0.2) is 0 Å². The normalized spacial score (nSPS) is 22.9. The van der Waals surface area contributed by atoms with Gasteiger partial charge in [0.05, 0.1) is 5.92 Å². The standard InChI is InChI=1S/C5H6F3/c6-5(7,8)4-2-1-3-4/h2,4H,1,3H2. The maximum Gasteiger partial charge on any atom is 0.392 e. The summed E-state index contributed by atoms with van der Waals surface area (Å²) in [6, 6.07) is 0. The second-order valence-corrected chi connectivity index (χ2v) is 1.96. The van der Waals surface area contributed by atoms with Crippen molar-refractivity contribution in [2.45, 2.75) is 19.0 Å². The minimum atomic E-state index is -3.96. The van der Waals surface area contributed by atoms with Gasteiger partial charge in [-0.15, -0.1) is 0 Å². The van der Waals surface area contributed by atoms with E-state index in [0.29, 0.717) is 12.8 Å². The van der Waals surface area contributed by atoms with Crippen LogP contribution in [0.4, 0.5) is 13.2 Å². The van der Waals surface area contributed by atoms with Gasteiger partial charge in [-0.25, -0.2) is 0 Å². The minimum Gasteiger partial charge on any atom is -0.171 e. The Morgan fingerprint density at radius 1 is 1.38 bits per heavy atom. The van der Waals surface area contributed by atoms with E-state index in [0.717, 1.165) is 0 Å². The Labute approximate surface area is 45.7 Å². The summed E-state index contributed by atoms with van der Waals surface area (Å²) in [6.07, 6.45) is -1.73. The van der Waals surface area contributed by atoms with Crippen LogP contribution >= 0.6 is 0 Å². The molecule has 3 heteroatoms. The van der Waals surface area contributed by atoms with Crippen molar-refractivity contribution in [2.24, 2.45) is 5.92 Å². The highest BCUT2D eigenvalue weighted by Crippen LogP contribution is 2.39. The molecule has 0 amide bonds. The molecule has 1 aliphatic carbocycles. The molecular weight excluding hydrogens is 117 g/mol. The SMILES string of the molecule is FC(F)(F)C1[CH]CC1. The van der Waals surface area contributed by atoms with Gasteiger partial charge in [0.1, 0.15) is 0 Å². The Kier molecular flexibility index (Phi) is 1.21. The van der Waals surface area contributed by atoms with Gasteiger partial charge in [-0.05, 0) is 19.3 Å². The molecule has 1 saturated carbocycles. The average Bonchev–Trinajstić information content (AvgIpc) is 1.16. The van der Waals surface area contributed by atoms with Crippen molar-refractivity contribution in [3.8, 4) is 0 Å². The Balaban J connectivity index is 2.34. The minimum absolute atomic E-state index is 0.295. The van der Waals surface area contributed by atoms with Crippen LogP contribution in [0, 0.1) is 12.3 Å². The second kappa shape index (κ2) is 1.64. The van der Waals surface area contributed by atoms with E-state index in [1.807, 2.05) is 0 Å². The van der Waals surface area contributed by atoms with Crippen LogP contribution in [0.1, 0.15) is 12.8 Å². The smallest absolute Gasteiger partial charge is 0.171 e. The van der Waals surface area contributed by atoms with E-state index in [4.69, 9.17) is 0 Å². The molecule has 0 bridgehead atoms. The molecule has 0 aromatic carbocycles. The highest BCUT2D eigenvalue weighted by atomic mass is 19.4. The molecule has 8 heavy (non-hydrogen) atoms. The lowest BCUT2D eigenvalue weighted by molar-refractivity contribution is -0.177. The molecule has 0 nitrogen and oxygen atoms in total. The summed E-state index contributed by atoms with van der Waals surface area (Å²) in [5.41, 5.74) is 0. The first-order valence-corrected chi connectivity index (χ1v) is 2.51. The summed E-state index contributed by atoms with van der Waals surface area (Å²) in [5, 5.41) is 0. The van der Waals surface area contributed by atoms with Gasteiger partial charge in [0.2, 0.25) is 0 Å². The van der Waals surface area contributed by atoms with Gasteiger partial charge in [-0.2, -0.15) is 13.2 Å². The van der Waals surface area contributed by atoms with Crippen LogP contribution in [0.5, 0.6) is 0 Å². The quantitative estimate of drug-likeness (QED) is 0.463. The molecule has 47 valence electrons. The molecule has 0 spiro atoms. The van der Waals surface area contributed by atoms with E-state index < -0.39 is 12.1 Å². The zero-order chi connectivity index (χ0) is 6.20. The van der Waals surface area contributed by atoms with Gasteiger partial charge >= 0.3 is 6.18 Å². The molecule has 0 aromatic rings. The second-order valence-electron chi connectivity index (χ2n) is 1.96. The van der Waals surface area contributed by atoms with E-state index in [1.165, 1.54) is 6.42 Å². The Morgan fingerprint density at radius 2 is 1.88 bits per heavy atom. The van der Waals surface area contributed by atoms with Crippen molar-refractivity contribution >= 4 is 0 Å². The van der Waals surface area contributed by atoms with Crippen LogP contribution in [-0.2, 0) is 0 Å². The predicted octanol–water partition coefficient (Wildman–Crippen LogP) is 2.16. The molecule has 1 atom stereocenters. The first-order valence-electron chi connectivity index (χ1n) is 2.51. The van der Waals surface area contributed by atoms with Crippen LogP contribution in [0.25, 0.3) is 0 Å². The lowest BCUT2D eigenvalue weighted by Gasteiger charge is -2.26. The molecular formula is C5H6F3. The molecule has 1 fully saturated rings. The van der Waals surface area contributed by atoms with E-state index in [2.05, 4.69) is 0 Å². The van der Waals surface area contributed by atoms with Gasteiger partial charge < -0.3 is 0 Å². The van der Waals surface area contributed by atoms with E-state index in [1.54, 1.807) is 0 Å². The molecule has 0 N–H and O–H groups in total. The first kappa shape index (κ1) is 5.92. The van der Waals surface area contributed by atoms with Gasteiger partial charge in [-0.3, -0.25) is 0 Å². The summed E-state index contributed by atoms with van der Waals surface area (Å²) < 4.78 is 34.4. The van der Waals surface area contributed by atoms with Crippen molar-refractivity contribution in [3.63, 3.8) is 0 Å². The first-order chi connectivity index (χ1) is 3.61. The molecule has 1 rings (SSSR count). The molecule has 0 aromatic heterocycles. The summed E-state index contributed by atoms with van der Waals surface area (Å²) in [6.45, 7) is 0. The Bertz CT molecular complexity index is 80.2. The van der Waals surface area contributed by atoms with E-state index in [9.17, 15) is 13.2 Å². The number of rotatable bonds is 0. The van der Waals surface area contributed by atoms with E-state index >= 15 is 0 Å². The number of halogens is 3. The maximum atomic E-state index is 11.5. The summed E-state index contributed by atoms with van der Waals surface area (Å²) in [4.78, 5) is 0. The highest BCUT2D eigenvalue weighted by Gasteiger charge is 2.42. The van der Waals surface area contributed by atoms with Crippen LogP contribution in [-0.4, -0.2) is 6.18 Å². The third-order valence-electron chi connectivity index (χ3n) is 1.35. The fourth-order valence-corrected chi connectivity index (χ4v) is 0.631. The summed E-state index contributed by atoms with van der Waals surface area (Å²) in [5.74, 6) is -1.09. The summed E-state index contributed by atoms with van der Waals surface area (Å²) in [7, 11) is 0. The molecule has 0 saturated heterocycles. The number of alkyl halides is 3. The highest BCUT2D eigenvalue weighted by molar-refractivity contribution is 4.91.